The molecule has 9 nitrogen and oxygen atoms in total. The molecule has 1 unspecified atom stereocenters. The largest absolute Gasteiger partial charge is 0.381 e. The number of aliphatic imine (C=N–C) groups is 1. The molecule has 0 saturated carbocycles. The number of morpholine rings is 1. The summed E-state index contributed by atoms with van der Waals surface area (Å²) in [5.41, 5.74) is 0. The third-order valence-corrected chi connectivity index (χ3v) is 5.51. The molecule has 10 heteroatoms. The highest BCUT2D eigenvalue weighted by atomic mass is 127. The third kappa shape index (κ3) is 7.34. The van der Waals surface area contributed by atoms with Crippen LogP contribution in [0.2, 0.25) is 0 Å². The molecule has 0 bridgehead atoms. The van der Waals surface area contributed by atoms with E-state index in [2.05, 4.69) is 32.2 Å². The number of guanidine groups is 1. The van der Waals surface area contributed by atoms with Crippen LogP contribution >= 0.6 is 24.0 Å². The van der Waals surface area contributed by atoms with Gasteiger partial charge in [0.25, 0.3) is 0 Å². The first-order chi connectivity index (χ1) is 13.7. The fourth-order valence-corrected chi connectivity index (χ4v) is 3.60. The predicted octanol–water partition coefficient (Wildman–Crippen LogP) is 0.878. The molecule has 2 aliphatic rings. The number of likely N-dealkylation sites (tertiary alicyclic amines) is 1. The highest BCUT2D eigenvalue weighted by Gasteiger charge is 2.25. The van der Waals surface area contributed by atoms with Crippen LogP contribution in [0.4, 0.5) is 0 Å². The van der Waals surface area contributed by atoms with Crippen LogP contribution < -0.4 is 5.32 Å². The number of nitrogens with one attached hydrogen (secondary N) is 1. The van der Waals surface area contributed by atoms with Crippen molar-refractivity contribution in [3.63, 3.8) is 0 Å². The summed E-state index contributed by atoms with van der Waals surface area (Å²) in [6.07, 6.45) is 1.15. The van der Waals surface area contributed by atoms with Crippen molar-refractivity contribution in [1.29, 1.82) is 0 Å². The SMILES string of the molecule is CCOCC1CCN(C(=NCc2nnc(C)n2C)NCCN2CCOCC2)C1.I. The molecular formula is C19H36IN7O2. The summed E-state index contributed by atoms with van der Waals surface area (Å²) in [5.74, 6) is 3.33. The van der Waals surface area contributed by atoms with E-state index in [9.17, 15) is 0 Å². The van der Waals surface area contributed by atoms with Gasteiger partial charge in [0.1, 0.15) is 12.4 Å². The number of hydrogen-bond acceptors (Lipinski definition) is 6. The molecule has 3 rings (SSSR count). The average molecular weight is 521 g/mol. The van der Waals surface area contributed by atoms with Gasteiger partial charge in [-0.1, -0.05) is 0 Å². The van der Waals surface area contributed by atoms with Crippen molar-refractivity contribution in [3.8, 4) is 0 Å². The van der Waals surface area contributed by atoms with E-state index in [-0.39, 0.29) is 24.0 Å². The van der Waals surface area contributed by atoms with Gasteiger partial charge < -0.3 is 24.3 Å². The Labute approximate surface area is 191 Å². The second kappa shape index (κ2) is 12.7. The van der Waals surface area contributed by atoms with Gasteiger partial charge in [-0.15, -0.1) is 34.2 Å². The van der Waals surface area contributed by atoms with Crippen molar-refractivity contribution < 1.29 is 9.47 Å². The molecule has 0 radical (unpaired) electrons. The van der Waals surface area contributed by atoms with Crippen LogP contribution in [0.5, 0.6) is 0 Å². The van der Waals surface area contributed by atoms with Gasteiger partial charge in [-0.25, -0.2) is 4.99 Å². The summed E-state index contributed by atoms with van der Waals surface area (Å²) in [6.45, 7) is 13.7. The van der Waals surface area contributed by atoms with E-state index in [4.69, 9.17) is 14.5 Å². The highest BCUT2D eigenvalue weighted by Crippen LogP contribution is 2.17. The van der Waals surface area contributed by atoms with Gasteiger partial charge >= 0.3 is 0 Å². The average Bonchev–Trinajstić information content (AvgIpc) is 3.31. The van der Waals surface area contributed by atoms with E-state index >= 15 is 0 Å². The molecule has 0 amide bonds. The van der Waals surface area contributed by atoms with Crippen LogP contribution in [0, 0.1) is 12.8 Å². The third-order valence-electron chi connectivity index (χ3n) is 5.51. The molecule has 2 aliphatic heterocycles. The molecule has 1 aromatic rings. The Morgan fingerprint density at radius 2 is 2.07 bits per heavy atom. The van der Waals surface area contributed by atoms with Gasteiger partial charge in [0.05, 0.1) is 19.8 Å². The molecule has 29 heavy (non-hydrogen) atoms. The minimum absolute atomic E-state index is 0. The molecule has 0 spiro atoms. The topological polar surface area (TPSA) is 80.0 Å². The summed E-state index contributed by atoms with van der Waals surface area (Å²) in [6, 6.07) is 0. The molecule has 1 atom stereocenters. The van der Waals surface area contributed by atoms with Gasteiger partial charge in [0.15, 0.2) is 11.8 Å². The smallest absolute Gasteiger partial charge is 0.194 e. The molecule has 3 heterocycles. The van der Waals surface area contributed by atoms with Crippen molar-refractivity contribution >= 4 is 29.9 Å². The first-order valence-electron chi connectivity index (χ1n) is 10.4. The molecule has 0 aliphatic carbocycles. The molecule has 1 aromatic heterocycles. The lowest BCUT2D eigenvalue weighted by atomic mass is 10.1. The Balaban J connectivity index is 0.00000300. The van der Waals surface area contributed by atoms with E-state index in [0.29, 0.717) is 12.5 Å². The Hall–Kier alpha value is -0.980. The Morgan fingerprint density at radius 3 is 2.76 bits per heavy atom. The minimum atomic E-state index is 0. The van der Waals surface area contributed by atoms with Crippen LogP contribution in [0.1, 0.15) is 25.0 Å². The fourth-order valence-electron chi connectivity index (χ4n) is 3.60. The highest BCUT2D eigenvalue weighted by molar-refractivity contribution is 14.0. The predicted molar refractivity (Wildman–Crippen MR) is 124 cm³/mol. The van der Waals surface area contributed by atoms with E-state index in [1.165, 1.54) is 0 Å². The number of halogens is 1. The van der Waals surface area contributed by atoms with Gasteiger partial charge in [0, 0.05) is 58.8 Å². The number of aryl methyl sites for hydroxylation is 1. The summed E-state index contributed by atoms with van der Waals surface area (Å²) in [7, 11) is 1.99. The maximum atomic E-state index is 5.63. The summed E-state index contributed by atoms with van der Waals surface area (Å²) in [5, 5.41) is 12.0. The summed E-state index contributed by atoms with van der Waals surface area (Å²) in [4.78, 5) is 9.66. The van der Waals surface area contributed by atoms with Crippen LogP contribution in [0.25, 0.3) is 0 Å². The van der Waals surface area contributed by atoms with Crippen molar-refractivity contribution in [3.05, 3.63) is 11.6 Å². The van der Waals surface area contributed by atoms with Gasteiger partial charge in [-0.05, 0) is 20.3 Å². The maximum absolute atomic E-state index is 5.63. The summed E-state index contributed by atoms with van der Waals surface area (Å²) < 4.78 is 13.1. The van der Waals surface area contributed by atoms with Gasteiger partial charge in [-0.2, -0.15) is 0 Å². The van der Waals surface area contributed by atoms with Crippen molar-refractivity contribution in [2.24, 2.45) is 18.0 Å². The molecule has 1 N–H and O–H groups in total. The molecule has 2 fully saturated rings. The first-order valence-corrected chi connectivity index (χ1v) is 10.4. The Kier molecular flexibility index (Phi) is 10.6. The van der Waals surface area contributed by atoms with Crippen LogP contribution in [0.15, 0.2) is 4.99 Å². The van der Waals surface area contributed by atoms with Crippen molar-refractivity contribution in [2.45, 2.75) is 26.8 Å². The first kappa shape index (κ1) is 24.3. The fraction of sp³-hybridized carbons (Fsp3) is 0.842. The second-order valence-electron chi connectivity index (χ2n) is 7.50. The lowest BCUT2D eigenvalue weighted by Gasteiger charge is -2.28. The van der Waals surface area contributed by atoms with Crippen LogP contribution in [0.3, 0.4) is 0 Å². The van der Waals surface area contributed by atoms with Gasteiger partial charge in [0.2, 0.25) is 0 Å². The van der Waals surface area contributed by atoms with Crippen molar-refractivity contribution in [2.75, 3.05) is 65.7 Å². The number of rotatable bonds is 8. The molecular weight excluding hydrogens is 485 g/mol. The second-order valence-corrected chi connectivity index (χ2v) is 7.50. The zero-order valence-electron chi connectivity index (χ0n) is 18.0. The normalized spacial score (nSPS) is 20.7. The van der Waals surface area contributed by atoms with Crippen molar-refractivity contribution in [1.82, 2.24) is 29.9 Å². The van der Waals surface area contributed by atoms with E-state index in [0.717, 1.165) is 89.7 Å². The lowest BCUT2D eigenvalue weighted by molar-refractivity contribution is 0.0388. The number of hydrogen-bond donors (Lipinski definition) is 1. The maximum Gasteiger partial charge on any atom is 0.194 e. The number of nitrogens with zero attached hydrogens (tertiary/aromatic N) is 6. The number of aromatic nitrogens is 3. The van der Waals surface area contributed by atoms with Crippen LogP contribution in [-0.4, -0.2) is 96.2 Å². The van der Waals surface area contributed by atoms with Crippen LogP contribution in [-0.2, 0) is 23.1 Å². The zero-order chi connectivity index (χ0) is 19.8. The van der Waals surface area contributed by atoms with E-state index < -0.39 is 0 Å². The number of ether oxygens (including phenoxy) is 2. The van der Waals surface area contributed by atoms with E-state index in [1.54, 1.807) is 0 Å². The zero-order valence-corrected chi connectivity index (χ0v) is 20.3. The molecule has 0 aromatic carbocycles. The quantitative estimate of drug-likeness (QED) is 0.309. The van der Waals surface area contributed by atoms with E-state index in [1.807, 2.05) is 18.5 Å². The Bertz CT molecular complexity index is 634. The Morgan fingerprint density at radius 1 is 1.28 bits per heavy atom. The summed E-state index contributed by atoms with van der Waals surface area (Å²) >= 11 is 0. The molecule has 166 valence electrons. The molecule has 2 saturated heterocycles. The monoisotopic (exact) mass is 521 g/mol. The minimum Gasteiger partial charge on any atom is -0.381 e. The standard InChI is InChI=1S/C19H35N7O2.HI/c1-4-27-15-17-5-7-26(14-17)19(20-6-8-25-9-11-28-12-10-25)21-13-18-23-22-16(2)24(18)3;/h17H,4-15H2,1-3H3,(H,20,21);1H. The lowest BCUT2D eigenvalue weighted by Crippen LogP contribution is -2.45. The van der Waals surface area contributed by atoms with Gasteiger partial charge in [-0.3, -0.25) is 4.90 Å².